The van der Waals surface area contributed by atoms with Crippen LogP contribution in [0.1, 0.15) is 69.0 Å². The molecule has 0 radical (unpaired) electrons. The lowest BCUT2D eigenvalue weighted by Crippen LogP contribution is -2.55. The lowest BCUT2D eigenvalue weighted by molar-refractivity contribution is -0.130. The molecule has 8 nitrogen and oxygen atoms in total. The predicted molar refractivity (Wildman–Crippen MR) is 197 cm³/mol. The first-order chi connectivity index (χ1) is 22.2. The van der Waals surface area contributed by atoms with Crippen LogP contribution in [-0.2, 0) is 10.2 Å². The van der Waals surface area contributed by atoms with E-state index in [1.54, 1.807) is 19.0 Å². The van der Waals surface area contributed by atoms with Gasteiger partial charge in [-0.3, -0.25) is 19.6 Å². The van der Waals surface area contributed by atoms with Crippen molar-refractivity contribution in [3.8, 4) is 5.75 Å². The predicted octanol–water partition coefficient (Wildman–Crippen LogP) is 7.87. The number of carbonyl (C=O) groups excluding carboxylic acids is 2. The number of hydrogen-bond acceptors (Lipinski definition) is 5. The lowest BCUT2D eigenvalue weighted by atomic mass is 9.86. The first-order valence-corrected chi connectivity index (χ1v) is 16.9. The van der Waals surface area contributed by atoms with E-state index in [1.165, 1.54) is 0 Å². The molecule has 258 valence electrons. The fourth-order valence-electron chi connectivity index (χ4n) is 5.96. The van der Waals surface area contributed by atoms with E-state index in [9.17, 15) is 9.59 Å². The summed E-state index contributed by atoms with van der Waals surface area (Å²) in [5, 5.41) is 1.24. The number of likely N-dealkylation sites (N-methyl/N-ethyl adjacent to an activating group) is 1. The van der Waals surface area contributed by atoms with Crippen LogP contribution in [0.4, 0.5) is 4.79 Å². The summed E-state index contributed by atoms with van der Waals surface area (Å²) in [6.07, 6.45) is -0.0906. The first-order valence-electron chi connectivity index (χ1n) is 16.1. The third kappa shape index (κ3) is 8.46. The highest BCUT2D eigenvalue weighted by molar-refractivity contribution is 6.30. The van der Waals surface area contributed by atoms with E-state index in [1.807, 2.05) is 78.2 Å². The van der Waals surface area contributed by atoms with Crippen LogP contribution < -0.4 is 4.74 Å². The SMILES string of the molecule is CC(C)Oc1cc(C(C)(C)C)ccc1C1=N[C@@H](c2ccc(Cl)cc2)[C@@H](c2ccc(Cl)cc2)N1C(=O)N1CCN(CC(=O)N(C)C)CC1.Cl. The van der Waals surface area contributed by atoms with Crippen LogP contribution in [0.3, 0.4) is 0 Å². The zero-order chi connectivity index (χ0) is 34.0. The lowest BCUT2D eigenvalue weighted by Gasteiger charge is -2.39. The van der Waals surface area contributed by atoms with Crippen molar-refractivity contribution in [1.29, 1.82) is 0 Å². The maximum absolute atomic E-state index is 14.9. The minimum Gasteiger partial charge on any atom is -0.490 e. The van der Waals surface area contributed by atoms with Crippen molar-refractivity contribution in [2.75, 3.05) is 46.8 Å². The summed E-state index contributed by atoms with van der Waals surface area (Å²) in [5.74, 6) is 1.28. The molecule has 0 spiro atoms. The topological polar surface area (TPSA) is 68.7 Å². The molecule has 2 aliphatic heterocycles. The minimum atomic E-state index is -0.460. The zero-order valence-corrected chi connectivity index (χ0v) is 31.1. The summed E-state index contributed by atoms with van der Waals surface area (Å²) in [6, 6.07) is 20.5. The molecule has 2 atom stereocenters. The van der Waals surface area contributed by atoms with E-state index in [2.05, 4.69) is 37.8 Å². The highest BCUT2D eigenvalue weighted by Gasteiger charge is 2.45. The largest absolute Gasteiger partial charge is 0.490 e. The summed E-state index contributed by atoms with van der Waals surface area (Å²) < 4.78 is 6.44. The molecule has 3 amide bonds. The van der Waals surface area contributed by atoms with Gasteiger partial charge in [0, 0.05) is 50.3 Å². The number of amidine groups is 1. The van der Waals surface area contributed by atoms with E-state index >= 15 is 0 Å². The highest BCUT2D eigenvalue weighted by atomic mass is 35.5. The molecule has 0 unspecified atom stereocenters. The van der Waals surface area contributed by atoms with Gasteiger partial charge in [-0.25, -0.2) is 4.79 Å². The van der Waals surface area contributed by atoms with Crippen LogP contribution >= 0.6 is 35.6 Å². The van der Waals surface area contributed by atoms with Crippen LogP contribution in [0.2, 0.25) is 10.0 Å². The molecule has 3 aromatic carbocycles. The fraction of sp³-hybridized carbons (Fsp3) is 0.432. The van der Waals surface area contributed by atoms with Crippen LogP contribution in [0, 0.1) is 0 Å². The Morgan fingerprint density at radius 2 is 1.46 bits per heavy atom. The minimum absolute atomic E-state index is 0. The molecule has 0 saturated carbocycles. The van der Waals surface area contributed by atoms with Gasteiger partial charge in [-0.1, -0.05) is 74.3 Å². The second-order valence-electron chi connectivity index (χ2n) is 13.8. The van der Waals surface area contributed by atoms with E-state index in [0.29, 0.717) is 54.4 Å². The summed E-state index contributed by atoms with van der Waals surface area (Å²) in [4.78, 5) is 40.0. The van der Waals surface area contributed by atoms with E-state index in [4.69, 9.17) is 32.9 Å². The molecule has 0 bridgehead atoms. The Balaban J connectivity index is 0.00000520. The Hall–Kier alpha value is -3.30. The molecule has 48 heavy (non-hydrogen) atoms. The highest BCUT2D eigenvalue weighted by Crippen LogP contribution is 2.46. The molecule has 0 aromatic heterocycles. The summed E-state index contributed by atoms with van der Waals surface area (Å²) in [7, 11) is 3.52. The quantitative estimate of drug-likeness (QED) is 0.250. The van der Waals surface area contributed by atoms with Gasteiger partial charge in [-0.15, -0.1) is 12.4 Å². The molecule has 0 N–H and O–H groups in total. The smallest absolute Gasteiger partial charge is 0.326 e. The number of nitrogens with zero attached hydrogens (tertiary/aromatic N) is 5. The number of halogens is 3. The Kier molecular flexibility index (Phi) is 12.1. The first kappa shape index (κ1) is 37.5. The molecule has 1 fully saturated rings. The average molecular weight is 715 g/mol. The van der Waals surface area contributed by atoms with Gasteiger partial charge in [0.1, 0.15) is 17.6 Å². The van der Waals surface area contributed by atoms with Crippen LogP contribution in [0.25, 0.3) is 0 Å². The van der Waals surface area contributed by atoms with Gasteiger partial charge in [0.25, 0.3) is 0 Å². The van der Waals surface area contributed by atoms with E-state index in [-0.39, 0.29) is 35.9 Å². The number of piperazine rings is 1. The van der Waals surface area contributed by atoms with E-state index in [0.717, 1.165) is 22.3 Å². The maximum atomic E-state index is 14.9. The van der Waals surface area contributed by atoms with Gasteiger partial charge in [-0.2, -0.15) is 0 Å². The fourth-order valence-corrected chi connectivity index (χ4v) is 6.21. The van der Waals surface area contributed by atoms with Crippen molar-refractivity contribution in [3.63, 3.8) is 0 Å². The number of hydrogen-bond donors (Lipinski definition) is 0. The maximum Gasteiger partial charge on any atom is 0.326 e. The Labute approximate surface area is 301 Å². The van der Waals surface area contributed by atoms with Crippen LogP contribution in [0.15, 0.2) is 71.7 Å². The normalized spacial score (nSPS) is 18.4. The Bertz CT molecular complexity index is 1610. The second-order valence-corrected chi connectivity index (χ2v) is 14.6. The van der Waals surface area contributed by atoms with Crippen LogP contribution in [0.5, 0.6) is 5.75 Å². The summed E-state index contributed by atoms with van der Waals surface area (Å²) in [5.41, 5.74) is 3.62. The summed E-state index contributed by atoms with van der Waals surface area (Å²) >= 11 is 12.7. The van der Waals surface area contributed by atoms with E-state index < -0.39 is 12.1 Å². The van der Waals surface area contributed by atoms with Gasteiger partial charge in [-0.05, 0) is 72.4 Å². The third-order valence-corrected chi connectivity index (χ3v) is 9.15. The standard InChI is InChI=1S/C37H45Cl2N5O3.ClH/c1-24(2)47-31-22-27(37(3,4)5)12-17-30(31)35-40-33(25-8-13-28(38)14-9-25)34(26-10-15-29(39)16-11-26)44(35)36(46)43-20-18-42(19-21-43)23-32(45)41(6)7;/h8-17,22,24,33-34H,18-21,23H2,1-7H3;1H/t33-,34+;/m0./s1. The monoisotopic (exact) mass is 713 g/mol. The molecular weight excluding hydrogens is 669 g/mol. The van der Waals surface area contributed by atoms with Gasteiger partial charge < -0.3 is 14.5 Å². The number of benzene rings is 3. The van der Waals surface area contributed by atoms with Gasteiger partial charge in [0.15, 0.2) is 0 Å². The molecule has 3 aromatic rings. The summed E-state index contributed by atoms with van der Waals surface area (Å²) in [6.45, 7) is 13.0. The van der Waals surface area contributed by atoms with Crippen LogP contribution in [-0.4, -0.2) is 90.3 Å². The molecule has 2 heterocycles. The number of urea groups is 1. The molecule has 5 rings (SSSR count). The Morgan fingerprint density at radius 1 is 0.896 bits per heavy atom. The van der Waals surface area contributed by atoms with Gasteiger partial charge in [0.2, 0.25) is 5.91 Å². The van der Waals surface area contributed by atoms with Crippen molar-refractivity contribution >= 4 is 53.4 Å². The number of carbonyl (C=O) groups is 2. The Morgan fingerprint density at radius 3 is 1.98 bits per heavy atom. The van der Waals surface area contributed by atoms with Gasteiger partial charge in [0.05, 0.1) is 24.3 Å². The van der Waals surface area contributed by atoms with Crippen molar-refractivity contribution in [2.24, 2.45) is 4.99 Å². The zero-order valence-electron chi connectivity index (χ0n) is 28.7. The molecule has 1 saturated heterocycles. The molecule has 2 aliphatic rings. The van der Waals surface area contributed by atoms with Crippen molar-refractivity contribution in [2.45, 2.75) is 58.2 Å². The van der Waals surface area contributed by atoms with Crippen molar-refractivity contribution in [3.05, 3.63) is 99.0 Å². The molecule has 0 aliphatic carbocycles. The van der Waals surface area contributed by atoms with Gasteiger partial charge >= 0.3 is 6.03 Å². The third-order valence-electron chi connectivity index (χ3n) is 8.65. The number of amides is 3. The number of rotatable bonds is 7. The molecule has 11 heteroatoms. The average Bonchev–Trinajstić information content (AvgIpc) is 3.41. The second kappa shape index (κ2) is 15.5. The number of aliphatic imine (C=N–C) groups is 1. The number of ether oxygens (including phenoxy) is 1. The van der Waals surface area contributed by atoms with Crippen molar-refractivity contribution in [1.82, 2.24) is 19.6 Å². The molecular formula is C37H46Cl3N5O3. The van der Waals surface area contributed by atoms with Crippen molar-refractivity contribution < 1.29 is 14.3 Å².